The zero-order valence-electron chi connectivity index (χ0n) is 16.2. The molecule has 0 bridgehead atoms. The minimum Gasteiger partial charge on any atom is -0.368 e. The van der Waals surface area contributed by atoms with Crippen LogP contribution in [0.5, 0.6) is 0 Å². The fourth-order valence-corrected chi connectivity index (χ4v) is 3.11. The molecule has 0 aromatic heterocycles. The van der Waals surface area contributed by atoms with Crippen LogP contribution in [0.25, 0.3) is 0 Å². The fraction of sp³-hybridized carbons (Fsp3) is 0.300. The first kappa shape index (κ1) is 27.1. The molecule has 0 aliphatic heterocycles. The standard InChI is InChI=1S/C20H26N4O2S.2ClH/c1-27-11-10-18(21)20(26)23-16-8-5-9-17(12-16)24(14-19(22)25)13-15-6-3-2-4-7-15;;/h2-9,12,18H,10-11,13-14,21H2,1H3,(H2,22,25)(H,23,26);2*1H/t18-;;/m0../s1. The van der Waals surface area contributed by atoms with Crippen molar-refractivity contribution in [1.82, 2.24) is 0 Å². The Bertz CT molecular complexity index is 765. The lowest BCUT2D eigenvalue weighted by molar-refractivity contribution is -0.118. The molecular weight excluding hydrogens is 431 g/mol. The summed E-state index contributed by atoms with van der Waals surface area (Å²) < 4.78 is 0. The van der Waals surface area contributed by atoms with Crippen molar-refractivity contribution >= 4 is 59.8 Å². The first-order valence-corrected chi connectivity index (χ1v) is 10.1. The second kappa shape index (κ2) is 14.1. The smallest absolute Gasteiger partial charge is 0.241 e. The second-order valence-corrected chi connectivity index (χ2v) is 7.22. The number of anilines is 2. The van der Waals surface area contributed by atoms with Gasteiger partial charge in [-0.2, -0.15) is 11.8 Å². The average molecular weight is 459 g/mol. The first-order valence-electron chi connectivity index (χ1n) is 8.72. The van der Waals surface area contributed by atoms with E-state index in [-0.39, 0.29) is 37.3 Å². The Morgan fingerprint density at radius 3 is 2.41 bits per heavy atom. The molecule has 0 saturated carbocycles. The van der Waals surface area contributed by atoms with Gasteiger partial charge in [-0.15, -0.1) is 24.8 Å². The van der Waals surface area contributed by atoms with E-state index in [1.807, 2.05) is 59.7 Å². The zero-order valence-corrected chi connectivity index (χ0v) is 18.7. The fourth-order valence-electron chi connectivity index (χ4n) is 2.62. The van der Waals surface area contributed by atoms with Crippen molar-refractivity contribution in [2.24, 2.45) is 11.5 Å². The van der Waals surface area contributed by atoms with Gasteiger partial charge in [-0.3, -0.25) is 9.59 Å². The Kier molecular flexibility index (Phi) is 13.2. The van der Waals surface area contributed by atoms with E-state index in [9.17, 15) is 9.59 Å². The van der Waals surface area contributed by atoms with Crippen molar-refractivity contribution in [3.05, 3.63) is 60.2 Å². The third kappa shape index (κ3) is 9.41. The van der Waals surface area contributed by atoms with Gasteiger partial charge in [0.15, 0.2) is 0 Å². The van der Waals surface area contributed by atoms with Gasteiger partial charge in [0, 0.05) is 17.9 Å². The highest BCUT2D eigenvalue weighted by atomic mass is 35.5. The minimum atomic E-state index is -0.549. The van der Waals surface area contributed by atoms with Crippen LogP contribution in [-0.2, 0) is 16.1 Å². The SMILES string of the molecule is CSCC[C@H](N)C(=O)Nc1cccc(N(CC(N)=O)Cc2ccccc2)c1.Cl.Cl. The van der Waals surface area contributed by atoms with Gasteiger partial charge >= 0.3 is 0 Å². The van der Waals surface area contributed by atoms with Gasteiger partial charge in [-0.05, 0) is 42.2 Å². The second-order valence-electron chi connectivity index (χ2n) is 6.24. The van der Waals surface area contributed by atoms with E-state index in [4.69, 9.17) is 11.5 Å². The van der Waals surface area contributed by atoms with Crippen LogP contribution in [0.3, 0.4) is 0 Å². The molecule has 2 amide bonds. The number of nitrogens with zero attached hydrogens (tertiary/aromatic N) is 1. The van der Waals surface area contributed by atoms with Crippen LogP contribution in [0.4, 0.5) is 11.4 Å². The molecule has 0 aliphatic carbocycles. The number of nitrogens with one attached hydrogen (secondary N) is 1. The van der Waals surface area contributed by atoms with Crippen molar-refractivity contribution in [2.75, 3.05) is 28.8 Å². The van der Waals surface area contributed by atoms with Crippen LogP contribution in [0.1, 0.15) is 12.0 Å². The molecule has 0 radical (unpaired) electrons. The summed E-state index contributed by atoms with van der Waals surface area (Å²) in [7, 11) is 0. The molecule has 1 atom stereocenters. The highest BCUT2D eigenvalue weighted by Gasteiger charge is 2.15. The Hall–Kier alpha value is -1.93. The molecule has 5 N–H and O–H groups in total. The molecule has 6 nitrogen and oxygen atoms in total. The number of carbonyl (C=O) groups is 2. The van der Waals surface area contributed by atoms with E-state index in [2.05, 4.69) is 5.32 Å². The third-order valence-corrected chi connectivity index (χ3v) is 4.66. The monoisotopic (exact) mass is 458 g/mol. The Morgan fingerprint density at radius 1 is 1.10 bits per heavy atom. The molecule has 0 unspecified atom stereocenters. The lowest BCUT2D eigenvalue weighted by Crippen LogP contribution is -2.36. The summed E-state index contributed by atoms with van der Waals surface area (Å²) in [6.45, 7) is 0.619. The number of benzene rings is 2. The summed E-state index contributed by atoms with van der Waals surface area (Å²) in [5, 5.41) is 2.85. The lowest BCUT2D eigenvalue weighted by Gasteiger charge is -2.24. The maximum atomic E-state index is 12.2. The number of nitrogens with two attached hydrogens (primary N) is 2. The Morgan fingerprint density at radius 2 is 1.79 bits per heavy atom. The van der Waals surface area contributed by atoms with Crippen LogP contribution in [0.2, 0.25) is 0 Å². The average Bonchev–Trinajstić information content (AvgIpc) is 2.66. The number of hydrogen-bond donors (Lipinski definition) is 3. The number of thioether (sulfide) groups is 1. The van der Waals surface area contributed by atoms with Gasteiger partial charge in [-0.25, -0.2) is 0 Å². The Labute approximate surface area is 188 Å². The van der Waals surface area contributed by atoms with Crippen LogP contribution < -0.4 is 21.7 Å². The predicted octanol–water partition coefficient (Wildman–Crippen LogP) is 3.04. The topological polar surface area (TPSA) is 101 Å². The minimum absolute atomic E-state index is 0. The van der Waals surface area contributed by atoms with Crippen LogP contribution in [0.15, 0.2) is 54.6 Å². The van der Waals surface area contributed by atoms with E-state index in [0.717, 1.165) is 17.0 Å². The first-order chi connectivity index (χ1) is 13.0. The number of primary amides is 1. The third-order valence-electron chi connectivity index (χ3n) is 4.01. The van der Waals surface area contributed by atoms with E-state index < -0.39 is 11.9 Å². The summed E-state index contributed by atoms with van der Waals surface area (Å²) >= 11 is 1.66. The zero-order chi connectivity index (χ0) is 19.6. The summed E-state index contributed by atoms with van der Waals surface area (Å²) in [5.41, 5.74) is 13.8. The maximum absolute atomic E-state index is 12.2. The molecule has 0 fully saturated rings. The molecule has 9 heteroatoms. The molecule has 2 aromatic rings. The molecule has 29 heavy (non-hydrogen) atoms. The van der Waals surface area contributed by atoms with Crippen molar-refractivity contribution < 1.29 is 9.59 Å². The van der Waals surface area contributed by atoms with Gasteiger partial charge in [0.2, 0.25) is 11.8 Å². The van der Waals surface area contributed by atoms with Crippen LogP contribution in [0, 0.1) is 0 Å². The molecule has 0 saturated heterocycles. The molecular formula is C20H28Cl2N4O2S. The molecule has 0 heterocycles. The highest BCUT2D eigenvalue weighted by Crippen LogP contribution is 2.21. The van der Waals surface area contributed by atoms with Crippen LogP contribution in [-0.4, -0.2) is 36.4 Å². The van der Waals surface area contributed by atoms with E-state index in [1.165, 1.54) is 0 Å². The van der Waals surface area contributed by atoms with Gasteiger partial charge in [-0.1, -0.05) is 36.4 Å². The van der Waals surface area contributed by atoms with E-state index in [0.29, 0.717) is 18.7 Å². The van der Waals surface area contributed by atoms with E-state index >= 15 is 0 Å². The number of hydrogen-bond acceptors (Lipinski definition) is 5. The molecule has 0 aliphatic rings. The Balaban J connectivity index is 0.00000392. The quantitative estimate of drug-likeness (QED) is 0.507. The molecule has 160 valence electrons. The number of carbonyl (C=O) groups excluding carboxylic acids is 2. The molecule has 2 aromatic carbocycles. The van der Waals surface area contributed by atoms with Gasteiger partial charge < -0.3 is 21.7 Å². The highest BCUT2D eigenvalue weighted by molar-refractivity contribution is 7.98. The lowest BCUT2D eigenvalue weighted by atomic mass is 10.1. The van der Waals surface area contributed by atoms with Crippen LogP contribution >= 0.6 is 36.6 Å². The maximum Gasteiger partial charge on any atom is 0.241 e. The normalized spacial score (nSPS) is 10.8. The number of halogens is 2. The largest absolute Gasteiger partial charge is 0.368 e. The van der Waals surface area contributed by atoms with Gasteiger partial charge in [0.25, 0.3) is 0 Å². The molecule has 2 rings (SSSR count). The molecule has 0 spiro atoms. The summed E-state index contributed by atoms with van der Waals surface area (Å²) in [4.78, 5) is 25.6. The summed E-state index contributed by atoms with van der Waals surface area (Å²) in [6.07, 6.45) is 2.60. The van der Waals surface area contributed by atoms with Crippen molar-refractivity contribution in [1.29, 1.82) is 0 Å². The number of amides is 2. The van der Waals surface area contributed by atoms with Crippen molar-refractivity contribution in [3.8, 4) is 0 Å². The number of rotatable bonds is 10. The summed E-state index contributed by atoms with van der Waals surface area (Å²) in [5.74, 6) is 0.197. The predicted molar refractivity (Wildman–Crippen MR) is 127 cm³/mol. The summed E-state index contributed by atoms with van der Waals surface area (Å²) in [6, 6.07) is 16.6. The van der Waals surface area contributed by atoms with E-state index in [1.54, 1.807) is 17.8 Å². The van der Waals surface area contributed by atoms with Gasteiger partial charge in [0.1, 0.15) is 0 Å². The van der Waals surface area contributed by atoms with Gasteiger partial charge in [0.05, 0.1) is 12.6 Å². The van der Waals surface area contributed by atoms with Crippen molar-refractivity contribution in [2.45, 2.75) is 19.0 Å². The van der Waals surface area contributed by atoms with Crippen molar-refractivity contribution in [3.63, 3.8) is 0 Å².